The monoisotopic (exact) mass is 354 g/mol. The summed E-state index contributed by atoms with van der Waals surface area (Å²) >= 11 is 0. The van der Waals surface area contributed by atoms with Crippen molar-refractivity contribution in [3.05, 3.63) is 41.2 Å². The number of morpholine rings is 1. The molecular weight excluding hydrogens is 328 g/mol. The van der Waals surface area contributed by atoms with E-state index in [1.54, 1.807) is 0 Å². The van der Waals surface area contributed by atoms with Crippen LogP contribution >= 0.6 is 0 Å². The van der Waals surface area contributed by atoms with E-state index in [-0.39, 0.29) is 6.10 Å². The van der Waals surface area contributed by atoms with Gasteiger partial charge in [0, 0.05) is 50.3 Å². The lowest BCUT2D eigenvalue weighted by Gasteiger charge is -2.32. The molecule has 2 saturated heterocycles. The van der Waals surface area contributed by atoms with Crippen LogP contribution in [0.2, 0.25) is 0 Å². The number of hydrogen-bond acceptors (Lipinski definition) is 7. The number of anilines is 1. The molecule has 1 atom stereocenters. The number of aryl methyl sites for hydroxylation is 2. The average molecular weight is 354 g/mol. The molecule has 0 aliphatic carbocycles. The van der Waals surface area contributed by atoms with Crippen LogP contribution in [0.3, 0.4) is 0 Å². The highest BCUT2D eigenvalue weighted by Crippen LogP contribution is 2.22. The summed E-state index contributed by atoms with van der Waals surface area (Å²) in [4.78, 5) is 23.0. The van der Waals surface area contributed by atoms with Gasteiger partial charge < -0.3 is 9.64 Å². The smallest absolute Gasteiger partial charge is 0.225 e. The van der Waals surface area contributed by atoms with E-state index in [1.165, 1.54) is 12.8 Å². The van der Waals surface area contributed by atoms with Gasteiger partial charge in [-0.3, -0.25) is 4.90 Å². The van der Waals surface area contributed by atoms with Crippen LogP contribution in [0.1, 0.15) is 41.9 Å². The second-order valence-corrected chi connectivity index (χ2v) is 7.15. The van der Waals surface area contributed by atoms with Gasteiger partial charge >= 0.3 is 0 Å². The molecule has 0 amide bonds. The van der Waals surface area contributed by atoms with E-state index in [2.05, 4.69) is 24.8 Å². The second kappa shape index (κ2) is 7.63. The van der Waals surface area contributed by atoms with Crippen LogP contribution in [0, 0.1) is 13.8 Å². The lowest BCUT2D eigenvalue weighted by atomic mass is 10.2. The van der Waals surface area contributed by atoms with Gasteiger partial charge in [0.05, 0.1) is 12.3 Å². The first-order valence-electron chi connectivity index (χ1n) is 9.40. The molecule has 0 N–H and O–H groups in total. The summed E-state index contributed by atoms with van der Waals surface area (Å²) < 4.78 is 5.94. The molecule has 4 rings (SSSR count). The Bertz CT molecular complexity index is 741. The normalized spacial score (nSPS) is 21.3. The molecule has 0 radical (unpaired) electrons. The molecule has 4 heterocycles. The van der Waals surface area contributed by atoms with Crippen molar-refractivity contribution < 1.29 is 4.74 Å². The van der Waals surface area contributed by atoms with E-state index >= 15 is 0 Å². The molecule has 0 bridgehead atoms. The first-order valence-corrected chi connectivity index (χ1v) is 9.40. The lowest BCUT2D eigenvalue weighted by molar-refractivity contribution is -0.0377. The lowest BCUT2D eigenvalue weighted by Crippen LogP contribution is -2.38. The van der Waals surface area contributed by atoms with Crippen molar-refractivity contribution in [1.29, 1.82) is 0 Å². The Labute approximate surface area is 154 Å². The van der Waals surface area contributed by atoms with Gasteiger partial charge in [-0.1, -0.05) is 0 Å². The number of nitrogens with zero attached hydrogens (tertiary/aromatic N) is 6. The fraction of sp³-hybridized carbons (Fsp3) is 0.579. The van der Waals surface area contributed by atoms with E-state index < -0.39 is 0 Å². The Morgan fingerprint density at radius 2 is 1.85 bits per heavy atom. The molecule has 2 aromatic heterocycles. The topological polar surface area (TPSA) is 67.3 Å². The zero-order valence-corrected chi connectivity index (χ0v) is 15.6. The largest absolute Gasteiger partial charge is 0.368 e. The highest BCUT2D eigenvalue weighted by Gasteiger charge is 2.25. The first kappa shape index (κ1) is 17.3. The number of rotatable bonds is 4. The van der Waals surface area contributed by atoms with E-state index in [9.17, 15) is 0 Å². The standard InChI is InChI=1S/C19H26N6O/c1-14-11-15(2)22-18(21-14)17-13-24(9-10-26-17)12-16-5-6-20-19(23-16)25-7-3-4-8-25/h5-6,11,17H,3-4,7-10,12-13H2,1-2H3/t17-/m0/s1. The molecule has 2 aliphatic rings. The van der Waals surface area contributed by atoms with Gasteiger partial charge in [-0.15, -0.1) is 0 Å². The summed E-state index contributed by atoms with van der Waals surface area (Å²) in [5, 5.41) is 0. The molecule has 0 saturated carbocycles. The molecule has 138 valence electrons. The molecule has 0 spiro atoms. The molecule has 7 nitrogen and oxygen atoms in total. The summed E-state index contributed by atoms with van der Waals surface area (Å²) in [5.41, 5.74) is 3.03. The highest BCUT2D eigenvalue weighted by atomic mass is 16.5. The Morgan fingerprint density at radius 3 is 2.62 bits per heavy atom. The quantitative estimate of drug-likeness (QED) is 0.832. The van der Waals surface area contributed by atoms with Crippen LogP contribution in [0.15, 0.2) is 18.3 Å². The minimum absolute atomic E-state index is 0.0813. The van der Waals surface area contributed by atoms with E-state index in [0.29, 0.717) is 6.61 Å². The molecule has 26 heavy (non-hydrogen) atoms. The van der Waals surface area contributed by atoms with Gasteiger partial charge in [-0.2, -0.15) is 0 Å². The maximum absolute atomic E-state index is 5.94. The van der Waals surface area contributed by atoms with Crippen molar-refractivity contribution in [3.8, 4) is 0 Å². The summed E-state index contributed by atoms with van der Waals surface area (Å²) in [6.45, 7) is 9.29. The Kier molecular flexibility index (Phi) is 5.08. The van der Waals surface area contributed by atoms with E-state index in [4.69, 9.17) is 9.72 Å². The van der Waals surface area contributed by atoms with Gasteiger partial charge in [0.15, 0.2) is 5.82 Å². The van der Waals surface area contributed by atoms with Crippen LogP contribution in [0.4, 0.5) is 5.95 Å². The minimum Gasteiger partial charge on any atom is -0.368 e. The predicted octanol–water partition coefficient (Wildman–Crippen LogP) is 2.06. The number of hydrogen-bond donors (Lipinski definition) is 0. The fourth-order valence-electron chi connectivity index (χ4n) is 3.67. The fourth-order valence-corrected chi connectivity index (χ4v) is 3.67. The van der Waals surface area contributed by atoms with Gasteiger partial charge in [-0.05, 0) is 38.8 Å². The maximum atomic E-state index is 5.94. The third-order valence-electron chi connectivity index (χ3n) is 4.91. The van der Waals surface area contributed by atoms with Gasteiger partial charge in [0.1, 0.15) is 6.10 Å². The number of ether oxygens (including phenoxy) is 1. The van der Waals surface area contributed by atoms with Crippen LogP contribution in [-0.4, -0.2) is 57.6 Å². The maximum Gasteiger partial charge on any atom is 0.225 e. The minimum atomic E-state index is -0.0813. The Balaban J connectivity index is 1.44. The second-order valence-electron chi connectivity index (χ2n) is 7.15. The van der Waals surface area contributed by atoms with Gasteiger partial charge in [-0.25, -0.2) is 19.9 Å². The van der Waals surface area contributed by atoms with Crippen molar-refractivity contribution in [1.82, 2.24) is 24.8 Å². The SMILES string of the molecule is Cc1cc(C)nc([C@@H]2CN(Cc3ccnc(N4CCCC4)n3)CCO2)n1. The zero-order valence-electron chi connectivity index (χ0n) is 15.6. The zero-order chi connectivity index (χ0) is 17.9. The Hall–Kier alpha value is -2.12. The molecule has 2 fully saturated rings. The van der Waals surface area contributed by atoms with Crippen LogP contribution < -0.4 is 4.90 Å². The average Bonchev–Trinajstić information content (AvgIpc) is 3.16. The molecule has 2 aliphatic heterocycles. The Morgan fingerprint density at radius 1 is 1.08 bits per heavy atom. The summed E-state index contributed by atoms with van der Waals surface area (Å²) in [6.07, 6.45) is 4.26. The van der Waals surface area contributed by atoms with E-state index in [1.807, 2.05) is 32.2 Å². The molecule has 0 unspecified atom stereocenters. The summed E-state index contributed by atoms with van der Waals surface area (Å²) in [7, 11) is 0. The third kappa shape index (κ3) is 3.99. The highest BCUT2D eigenvalue weighted by molar-refractivity contribution is 5.31. The number of aromatic nitrogens is 4. The van der Waals surface area contributed by atoms with Crippen molar-refractivity contribution in [2.45, 2.75) is 39.3 Å². The summed E-state index contributed by atoms with van der Waals surface area (Å²) in [6, 6.07) is 4.00. The van der Waals surface area contributed by atoms with Crippen LogP contribution in [0.5, 0.6) is 0 Å². The van der Waals surface area contributed by atoms with E-state index in [0.717, 1.165) is 61.6 Å². The molecule has 0 aromatic carbocycles. The van der Waals surface area contributed by atoms with Crippen LogP contribution in [-0.2, 0) is 11.3 Å². The molecule has 7 heteroatoms. The molecular formula is C19H26N6O. The van der Waals surface area contributed by atoms with Crippen molar-refractivity contribution in [3.63, 3.8) is 0 Å². The van der Waals surface area contributed by atoms with Crippen molar-refractivity contribution >= 4 is 5.95 Å². The van der Waals surface area contributed by atoms with Gasteiger partial charge in [0.25, 0.3) is 0 Å². The van der Waals surface area contributed by atoms with Crippen LogP contribution in [0.25, 0.3) is 0 Å². The predicted molar refractivity (Wildman–Crippen MR) is 99.0 cm³/mol. The summed E-state index contributed by atoms with van der Waals surface area (Å²) in [5.74, 6) is 1.65. The van der Waals surface area contributed by atoms with Crippen molar-refractivity contribution in [2.75, 3.05) is 37.7 Å². The van der Waals surface area contributed by atoms with Crippen molar-refractivity contribution in [2.24, 2.45) is 0 Å². The third-order valence-corrected chi connectivity index (χ3v) is 4.91. The molecule has 2 aromatic rings. The first-order chi connectivity index (χ1) is 12.7. The van der Waals surface area contributed by atoms with Gasteiger partial charge in [0.2, 0.25) is 5.95 Å².